The minimum atomic E-state index is 0.124. The third kappa shape index (κ3) is 1.60. The number of ether oxygens (including phenoxy) is 1. The Labute approximate surface area is 63.1 Å². The number of rotatable bonds is 1. The SMILES string of the molecule is CCC1(C)CC(C)=CCO1. The van der Waals surface area contributed by atoms with Crippen LogP contribution < -0.4 is 0 Å². The van der Waals surface area contributed by atoms with Crippen LogP contribution in [0.3, 0.4) is 0 Å². The minimum absolute atomic E-state index is 0.124. The Kier molecular flexibility index (Phi) is 2.14. The maximum atomic E-state index is 5.61. The molecule has 1 aliphatic heterocycles. The van der Waals surface area contributed by atoms with E-state index in [1.165, 1.54) is 5.57 Å². The molecule has 1 aliphatic rings. The predicted molar refractivity (Wildman–Crippen MR) is 43.0 cm³/mol. The van der Waals surface area contributed by atoms with E-state index >= 15 is 0 Å². The first-order chi connectivity index (χ1) is 4.66. The van der Waals surface area contributed by atoms with Gasteiger partial charge in [0.05, 0.1) is 12.2 Å². The van der Waals surface area contributed by atoms with E-state index in [1.54, 1.807) is 0 Å². The van der Waals surface area contributed by atoms with Gasteiger partial charge in [0.25, 0.3) is 0 Å². The van der Waals surface area contributed by atoms with E-state index < -0.39 is 0 Å². The third-order valence-electron chi connectivity index (χ3n) is 2.26. The van der Waals surface area contributed by atoms with Gasteiger partial charge < -0.3 is 4.74 Å². The highest BCUT2D eigenvalue weighted by Crippen LogP contribution is 2.27. The lowest BCUT2D eigenvalue weighted by Gasteiger charge is -2.32. The molecule has 58 valence electrons. The van der Waals surface area contributed by atoms with E-state index in [-0.39, 0.29) is 5.60 Å². The molecular formula is C9H16O. The Hall–Kier alpha value is -0.300. The molecule has 1 nitrogen and oxygen atoms in total. The van der Waals surface area contributed by atoms with Crippen LogP contribution in [-0.2, 0) is 4.74 Å². The summed E-state index contributed by atoms with van der Waals surface area (Å²) in [6, 6.07) is 0. The third-order valence-corrected chi connectivity index (χ3v) is 2.26. The summed E-state index contributed by atoms with van der Waals surface area (Å²) in [4.78, 5) is 0. The molecule has 0 aromatic rings. The second kappa shape index (κ2) is 2.75. The minimum Gasteiger partial charge on any atom is -0.371 e. The number of hydrogen-bond donors (Lipinski definition) is 0. The van der Waals surface area contributed by atoms with Gasteiger partial charge in [-0.25, -0.2) is 0 Å². The van der Waals surface area contributed by atoms with Gasteiger partial charge in [-0.05, 0) is 26.7 Å². The van der Waals surface area contributed by atoms with Crippen molar-refractivity contribution >= 4 is 0 Å². The van der Waals surface area contributed by atoms with Gasteiger partial charge in [-0.15, -0.1) is 0 Å². The van der Waals surface area contributed by atoms with E-state index in [1.807, 2.05) is 0 Å². The molecule has 0 saturated heterocycles. The molecule has 0 aliphatic carbocycles. The van der Waals surface area contributed by atoms with Gasteiger partial charge in [-0.1, -0.05) is 18.6 Å². The maximum absolute atomic E-state index is 5.61. The normalized spacial score (nSPS) is 33.7. The average Bonchev–Trinajstić information content (AvgIpc) is 1.88. The predicted octanol–water partition coefficient (Wildman–Crippen LogP) is 2.52. The van der Waals surface area contributed by atoms with Crippen LogP contribution in [0.1, 0.15) is 33.6 Å². The average molecular weight is 140 g/mol. The molecule has 0 radical (unpaired) electrons. The summed E-state index contributed by atoms with van der Waals surface area (Å²) in [5.74, 6) is 0. The van der Waals surface area contributed by atoms with Crippen molar-refractivity contribution in [2.45, 2.75) is 39.2 Å². The Bertz CT molecular complexity index is 149. The van der Waals surface area contributed by atoms with Gasteiger partial charge in [0, 0.05) is 0 Å². The van der Waals surface area contributed by atoms with Crippen molar-refractivity contribution in [1.29, 1.82) is 0 Å². The Morgan fingerprint density at radius 3 is 2.80 bits per heavy atom. The summed E-state index contributed by atoms with van der Waals surface area (Å²) in [7, 11) is 0. The fourth-order valence-electron chi connectivity index (χ4n) is 1.33. The van der Waals surface area contributed by atoms with Crippen molar-refractivity contribution in [1.82, 2.24) is 0 Å². The molecule has 0 aromatic heterocycles. The molecule has 1 unspecified atom stereocenters. The zero-order valence-corrected chi connectivity index (χ0v) is 7.11. The van der Waals surface area contributed by atoms with Gasteiger partial charge in [0.15, 0.2) is 0 Å². The zero-order valence-electron chi connectivity index (χ0n) is 7.11. The van der Waals surface area contributed by atoms with Crippen LogP contribution in [0.4, 0.5) is 0 Å². The summed E-state index contributed by atoms with van der Waals surface area (Å²) >= 11 is 0. The van der Waals surface area contributed by atoms with Crippen LogP contribution in [0.5, 0.6) is 0 Å². The molecule has 0 spiro atoms. The lowest BCUT2D eigenvalue weighted by Crippen LogP contribution is -2.31. The fourth-order valence-corrected chi connectivity index (χ4v) is 1.33. The van der Waals surface area contributed by atoms with Crippen LogP contribution in [0.2, 0.25) is 0 Å². The van der Waals surface area contributed by atoms with Crippen LogP contribution in [0.25, 0.3) is 0 Å². The molecule has 0 aromatic carbocycles. The second-order valence-corrected chi connectivity index (χ2v) is 3.34. The van der Waals surface area contributed by atoms with Crippen molar-refractivity contribution < 1.29 is 4.74 Å². The topological polar surface area (TPSA) is 9.23 Å². The monoisotopic (exact) mass is 140 g/mol. The van der Waals surface area contributed by atoms with Gasteiger partial charge >= 0.3 is 0 Å². The van der Waals surface area contributed by atoms with E-state index in [9.17, 15) is 0 Å². The lowest BCUT2D eigenvalue weighted by atomic mass is 9.92. The Morgan fingerprint density at radius 2 is 2.40 bits per heavy atom. The van der Waals surface area contributed by atoms with Crippen LogP contribution >= 0.6 is 0 Å². The summed E-state index contributed by atoms with van der Waals surface area (Å²) in [6.45, 7) is 7.34. The fraction of sp³-hybridized carbons (Fsp3) is 0.778. The van der Waals surface area contributed by atoms with Crippen molar-refractivity contribution in [3.63, 3.8) is 0 Å². The molecule has 1 rings (SSSR count). The van der Waals surface area contributed by atoms with Crippen LogP contribution in [0.15, 0.2) is 11.6 Å². The highest BCUT2D eigenvalue weighted by atomic mass is 16.5. The second-order valence-electron chi connectivity index (χ2n) is 3.34. The van der Waals surface area contributed by atoms with E-state index in [2.05, 4.69) is 26.8 Å². The molecule has 1 heteroatoms. The lowest BCUT2D eigenvalue weighted by molar-refractivity contribution is -0.0273. The molecule has 0 N–H and O–H groups in total. The van der Waals surface area contributed by atoms with Crippen molar-refractivity contribution in [3.8, 4) is 0 Å². The highest BCUT2D eigenvalue weighted by molar-refractivity contribution is 5.06. The molecule has 10 heavy (non-hydrogen) atoms. The van der Waals surface area contributed by atoms with Crippen molar-refractivity contribution in [3.05, 3.63) is 11.6 Å². The standard InChI is InChI=1S/C9H16O/c1-4-9(3)7-8(2)5-6-10-9/h5H,4,6-7H2,1-3H3. The molecule has 1 atom stereocenters. The highest BCUT2D eigenvalue weighted by Gasteiger charge is 2.24. The smallest absolute Gasteiger partial charge is 0.0693 e. The molecule has 0 amide bonds. The Balaban J connectivity index is 2.60. The van der Waals surface area contributed by atoms with E-state index in [0.29, 0.717) is 0 Å². The van der Waals surface area contributed by atoms with Gasteiger partial charge in [0.1, 0.15) is 0 Å². The van der Waals surface area contributed by atoms with E-state index in [0.717, 1.165) is 19.4 Å². The summed E-state index contributed by atoms with van der Waals surface area (Å²) in [6.07, 6.45) is 4.37. The van der Waals surface area contributed by atoms with Crippen molar-refractivity contribution in [2.24, 2.45) is 0 Å². The first-order valence-electron chi connectivity index (χ1n) is 3.96. The molecule has 1 heterocycles. The largest absolute Gasteiger partial charge is 0.371 e. The first kappa shape index (κ1) is 7.80. The zero-order chi connectivity index (χ0) is 7.61. The molecular weight excluding hydrogens is 124 g/mol. The Morgan fingerprint density at radius 1 is 1.70 bits per heavy atom. The van der Waals surface area contributed by atoms with Crippen LogP contribution in [-0.4, -0.2) is 12.2 Å². The molecule has 0 saturated carbocycles. The maximum Gasteiger partial charge on any atom is 0.0693 e. The van der Waals surface area contributed by atoms with Gasteiger partial charge in [-0.3, -0.25) is 0 Å². The van der Waals surface area contributed by atoms with E-state index in [4.69, 9.17) is 4.74 Å². The molecule has 0 bridgehead atoms. The van der Waals surface area contributed by atoms with Crippen molar-refractivity contribution in [2.75, 3.05) is 6.61 Å². The van der Waals surface area contributed by atoms with Gasteiger partial charge in [0.2, 0.25) is 0 Å². The van der Waals surface area contributed by atoms with Crippen LogP contribution in [0, 0.1) is 0 Å². The first-order valence-corrected chi connectivity index (χ1v) is 3.96. The quantitative estimate of drug-likeness (QED) is 0.508. The molecule has 0 fully saturated rings. The summed E-state index contributed by atoms with van der Waals surface area (Å²) < 4.78 is 5.61. The summed E-state index contributed by atoms with van der Waals surface area (Å²) in [5, 5.41) is 0. The van der Waals surface area contributed by atoms with Gasteiger partial charge in [-0.2, -0.15) is 0 Å². The summed E-state index contributed by atoms with van der Waals surface area (Å²) in [5.41, 5.74) is 1.59. The number of hydrogen-bond acceptors (Lipinski definition) is 1.